The SMILES string of the molecule is COc1ccc([N+](=O)[O-])c2c1N[C@H](c1ccccc1C(F)(F)F)[C@@H]1CC=C[C@H]21. The van der Waals surface area contributed by atoms with E-state index < -0.39 is 22.7 Å². The molecule has 3 atom stereocenters. The molecule has 0 bridgehead atoms. The Labute approximate surface area is 159 Å². The lowest BCUT2D eigenvalue weighted by Crippen LogP contribution is -2.31. The van der Waals surface area contributed by atoms with Crippen LogP contribution in [0.3, 0.4) is 0 Å². The summed E-state index contributed by atoms with van der Waals surface area (Å²) in [6, 6.07) is 7.66. The van der Waals surface area contributed by atoms with Gasteiger partial charge in [-0.25, -0.2) is 0 Å². The number of hydrogen-bond donors (Lipinski definition) is 1. The molecule has 1 aliphatic heterocycles. The number of nitrogens with one attached hydrogen (secondary N) is 1. The molecule has 0 amide bonds. The fourth-order valence-corrected chi connectivity index (χ4v) is 4.33. The van der Waals surface area contributed by atoms with E-state index in [0.717, 1.165) is 6.07 Å². The topological polar surface area (TPSA) is 64.4 Å². The van der Waals surface area contributed by atoms with Gasteiger partial charge in [0.15, 0.2) is 0 Å². The molecular formula is C20H17F3N2O3. The quantitative estimate of drug-likeness (QED) is 0.430. The maximum atomic E-state index is 13.6. The minimum absolute atomic E-state index is 0.0626. The van der Waals surface area contributed by atoms with Crippen LogP contribution >= 0.6 is 0 Å². The molecule has 0 saturated carbocycles. The molecule has 4 rings (SSSR count). The normalized spacial score (nSPS) is 22.9. The molecule has 28 heavy (non-hydrogen) atoms. The number of hydrogen-bond acceptors (Lipinski definition) is 4. The smallest absolute Gasteiger partial charge is 0.416 e. The number of anilines is 1. The van der Waals surface area contributed by atoms with Crippen molar-refractivity contribution >= 4 is 11.4 Å². The first-order valence-electron chi connectivity index (χ1n) is 8.77. The Morgan fingerprint density at radius 2 is 1.96 bits per heavy atom. The number of rotatable bonds is 3. The average molecular weight is 390 g/mol. The second-order valence-electron chi connectivity index (χ2n) is 6.89. The molecule has 0 saturated heterocycles. The summed E-state index contributed by atoms with van der Waals surface area (Å²) in [6.45, 7) is 0. The standard InChI is InChI=1S/C20H17F3N2O3/c1-28-16-10-9-15(25(26)27)17-11-6-4-7-12(11)18(24-19(16)17)13-5-2-3-8-14(13)20(21,22)23/h2-6,8-12,18,24H,7H2,1H3/t11-,12+,18-/m0/s1. The van der Waals surface area contributed by atoms with Crippen LogP contribution in [0.4, 0.5) is 24.5 Å². The maximum Gasteiger partial charge on any atom is 0.416 e. The van der Waals surface area contributed by atoms with Crippen LogP contribution in [0.2, 0.25) is 0 Å². The average Bonchev–Trinajstić information content (AvgIpc) is 3.15. The molecule has 2 aromatic rings. The Morgan fingerprint density at radius 1 is 1.21 bits per heavy atom. The van der Waals surface area contributed by atoms with Gasteiger partial charge in [-0.3, -0.25) is 10.1 Å². The van der Waals surface area contributed by atoms with E-state index >= 15 is 0 Å². The number of allylic oxidation sites excluding steroid dienone is 2. The Balaban J connectivity index is 1.91. The summed E-state index contributed by atoms with van der Waals surface area (Å²) >= 11 is 0. The molecule has 8 heteroatoms. The van der Waals surface area contributed by atoms with Gasteiger partial charge in [-0.15, -0.1) is 0 Å². The van der Waals surface area contributed by atoms with Gasteiger partial charge < -0.3 is 10.1 Å². The molecule has 0 spiro atoms. The predicted octanol–water partition coefficient (Wildman–Crippen LogP) is 5.45. The molecular weight excluding hydrogens is 373 g/mol. The van der Waals surface area contributed by atoms with E-state index in [-0.39, 0.29) is 23.1 Å². The van der Waals surface area contributed by atoms with Crippen LogP contribution in [0.1, 0.15) is 35.1 Å². The summed E-state index contributed by atoms with van der Waals surface area (Å²) in [6.07, 6.45) is -0.242. The number of benzene rings is 2. The Morgan fingerprint density at radius 3 is 2.64 bits per heavy atom. The number of alkyl halides is 3. The Kier molecular flexibility index (Phi) is 4.28. The molecule has 1 heterocycles. The van der Waals surface area contributed by atoms with Gasteiger partial charge in [0, 0.05) is 12.0 Å². The largest absolute Gasteiger partial charge is 0.495 e. The summed E-state index contributed by atoms with van der Waals surface area (Å²) in [5.74, 6) is -0.256. The van der Waals surface area contributed by atoms with Crippen LogP contribution in [0, 0.1) is 16.0 Å². The third-order valence-corrected chi connectivity index (χ3v) is 5.48. The van der Waals surface area contributed by atoms with Crippen molar-refractivity contribution in [2.24, 2.45) is 5.92 Å². The minimum atomic E-state index is -4.49. The van der Waals surface area contributed by atoms with Gasteiger partial charge >= 0.3 is 6.18 Å². The highest BCUT2D eigenvalue weighted by Gasteiger charge is 2.45. The molecule has 1 N–H and O–H groups in total. The molecule has 146 valence electrons. The highest BCUT2D eigenvalue weighted by molar-refractivity contribution is 5.73. The van der Waals surface area contributed by atoms with Crippen LogP contribution in [0.25, 0.3) is 0 Å². The number of nitro groups is 1. The summed E-state index contributed by atoms with van der Waals surface area (Å²) in [7, 11) is 1.43. The maximum absolute atomic E-state index is 13.6. The van der Waals surface area contributed by atoms with Crippen LogP contribution in [0.5, 0.6) is 5.75 Å². The summed E-state index contributed by atoms with van der Waals surface area (Å²) in [5, 5.41) is 14.7. The van der Waals surface area contributed by atoms with Gasteiger partial charge in [-0.05, 0) is 30.0 Å². The number of ether oxygens (including phenoxy) is 1. The lowest BCUT2D eigenvalue weighted by Gasteiger charge is -2.38. The van der Waals surface area contributed by atoms with Crippen LogP contribution in [0.15, 0.2) is 48.6 Å². The van der Waals surface area contributed by atoms with Gasteiger partial charge in [-0.1, -0.05) is 30.4 Å². The molecule has 0 fully saturated rings. The monoisotopic (exact) mass is 390 g/mol. The van der Waals surface area contributed by atoms with E-state index in [9.17, 15) is 23.3 Å². The lowest BCUT2D eigenvalue weighted by molar-refractivity contribution is -0.385. The molecule has 2 aliphatic rings. The Bertz CT molecular complexity index is 972. The molecule has 0 unspecified atom stereocenters. The molecule has 5 nitrogen and oxygen atoms in total. The molecule has 0 radical (unpaired) electrons. The number of methoxy groups -OCH3 is 1. The first-order chi connectivity index (χ1) is 13.3. The van der Waals surface area contributed by atoms with Gasteiger partial charge in [0.2, 0.25) is 0 Å². The van der Waals surface area contributed by atoms with Crippen molar-refractivity contribution in [3.63, 3.8) is 0 Å². The highest BCUT2D eigenvalue weighted by atomic mass is 19.4. The molecule has 1 aliphatic carbocycles. The Hall–Kier alpha value is -3.03. The predicted molar refractivity (Wildman–Crippen MR) is 97.4 cm³/mol. The summed E-state index contributed by atoms with van der Waals surface area (Å²) in [5.41, 5.74) is 0.210. The fraction of sp³-hybridized carbons (Fsp3) is 0.300. The first-order valence-corrected chi connectivity index (χ1v) is 8.77. The minimum Gasteiger partial charge on any atom is -0.495 e. The van der Waals surface area contributed by atoms with E-state index in [1.807, 2.05) is 12.2 Å². The second-order valence-corrected chi connectivity index (χ2v) is 6.89. The first kappa shape index (κ1) is 18.3. The zero-order valence-electron chi connectivity index (χ0n) is 14.9. The zero-order valence-corrected chi connectivity index (χ0v) is 14.9. The van der Waals surface area contributed by atoms with E-state index in [0.29, 0.717) is 23.4 Å². The molecule has 0 aromatic heterocycles. The van der Waals surface area contributed by atoms with Crippen molar-refractivity contribution in [3.05, 3.63) is 75.4 Å². The summed E-state index contributed by atoms with van der Waals surface area (Å²) < 4.78 is 46.1. The third kappa shape index (κ3) is 2.80. The number of fused-ring (bicyclic) bond motifs is 3. The van der Waals surface area contributed by atoms with Gasteiger partial charge in [0.1, 0.15) is 5.75 Å². The van der Waals surface area contributed by atoms with Crippen LogP contribution < -0.4 is 10.1 Å². The second kappa shape index (κ2) is 6.54. The van der Waals surface area contributed by atoms with Gasteiger partial charge in [-0.2, -0.15) is 13.2 Å². The summed E-state index contributed by atoms with van der Waals surface area (Å²) in [4.78, 5) is 11.1. The number of nitro benzene ring substituents is 1. The van der Waals surface area contributed by atoms with Crippen molar-refractivity contribution in [2.75, 3.05) is 12.4 Å². The van der Waals surface area contributed by atoms with Crippen molar-refractivity contribution in [1.29, 1.82) is 0 Å². The molecule has 2 aromatic carbocycles. The number of halogens is 3. The van der Waals surface area contributed by atoms with E-state index in [1.165, 1.54) is 31.4 Å². The van der Waals surface area contributed by atoms with Crippen molar-refractivity contribution in [3.8, 4) is 5.75 Å². The van der Waals surface area contributed by atoms with Crippen molar-refractivity contribution in [1.82, 2.24) is 0 Å². The highest BCUT2D eigenvalue weighted by Crippen LogP contribution is 2.55. The van der Waals surface area contributed by atoms with Gasteiger partial charge in [0.25, 0.3) is 5.69 Å². The lowest BCUT2D eigenvalue weighted by atomic mass is 9.75. The van der Waals surface area contributed by atoms with E-state index in [2.05, 4.69) is 5.32 Å². The van der Waals surface area contributed by atoms with Crippen LogP contribution in [-0.2, 0) is 6.18 Å². The van der Waals surface area contributed by atoms with E-state index in [1.54, 1.807) is 6.07 Å². The number of nitrogens with zero attached hydrogens (tertiary/aromatic N) is 1. The van der Waals surface area contributed by atoms with Crippen molar-refractivity contribution < 1.29 is 22.8 Å². The third-order valence-electron chi connectivity index (χ3n) is 5.48. The fourth-order valence-electron chi connectivity index (χ4n) is 4.33. The van der Waals surface area contributed by atoms with Gasteiger partial charge in [0.05, 0.1) is 34.9 Å². The zero-order chi connectivity index (χ0) is 20.1. The van der Waals surface area contributed by atoms with Crippen LogP contribution in [-0.4, -0.2) is 12.0 Å². The van der Waals surface area contributed by atoms with Crippen molar-refractivity contribution in [2.45, 2.75) is 24.6 Å². The van der Waals surface area contributed by atoms with E-state index in [4.69, 9.17) is 4.74 Å².